The van der Waals surface area contributed by atoms with Crippen molar-refractivity contribution in [1.82, 2.24) is 19.6 Å². The second-order valence-corrected chi connectivity index (χ2v) is 6.35. The Hall–Kier alpha value is -2.96. The largest absolute Gasteiger partial charge is 0.311 e. The van der Waals surface area contributed by atoms with Gasteiger partial charge in [0.15, 0.2) is 0 Å². The van der Waals surface area contributed by atoms with E-state index in [4.69, 9.17) is 0 Å². The molecule has 0 fully saturated rings. The SMILES string of the molecule is Cc1nn(-c2ccc(F)cc2)c(C)c1[C@H]1CC(=O)Nc2c1cnn2C. The second kappa shape index (κ2) is 5.54. The molecule has 0 saturated heterocycles. The van der Waals surface area contributed by atoms with Crippen molar-refractivity contribution in [1.29, 1.82) is 0 Å². The molecular weight excluding hydrogens is 321 g/mol. The normalized spacial score (nSPS) is 16.6. The van der Waals surface area contributed by atoms with Crippen LogP contribution in [-0.2, 0) is 11.8 Å². The average molecular weight is 339 g/mol. The zero-order valence-corrected chi connectivity index (χ0v) is 14.2. The minimum absolute atomic E-state index is 0.0329. The van der Waals surface area contributed by atoms with Gasteiger partial charge >= 0.3 is 0 Å². The number of hydrogen-bond acceptors (Lipinski definition) is 3. The van der Waals surface area contributed by atoms with Gasteiger partial charge in [-0.2, -0.15) is 10.2 Å². The van der Waals surface area contributed by atoms with Crippen molar-refractivity contribution in [3.8, 4) is 5.69 Å². The highest BCUT2D eigenvalue weighted by molar-refractivity contribution is 5.94. The van der Waals surface area contributed by atoms with E-state index in [1.165, 1.54) is 12.1 Å². The maximum atomic E-state index is 13.2. The Kier molecular flexibility index (Phi) is 3.45. The van der Waals surface area contributed by atoms with Crippen molar-refractivity contribution >= 4 is 11.7 Å². The van der Waals surface area contributed by atoms with Crippen LogP contribution < -0.4 is 5.32 Å². The van der Waals surface area contributed by atoms with E-state index in [1.807, 2.05) is 20.9 Å². The first-order valence-electron chi connectivity index (χ1n) is 8.09. The molecule has 2 aromatic heterocycles. The standard InChI is InChI=1S/C18H18FN5O/c1-10-17(11(2)24(22-10)13-6-4-12(19)5-7-13)14-8-16(25)21-18-15(14)9-20-23(18)3/h4-7,9,14H,8H2,1-3H3,(H,21,25)/t14-/m0/s1. The summed E-state index contributed by atoms with van der Waals surface area (Å²) in [5.41, 5.74) is 4.61. The fourth-order valence-corrected chi connectivity index (χ4v) is 3.59. The Morgan fingerprint density at radius 2 is 1.96 bits per heavy atom. The predicted molar refractivity (Wildman–Crippen MR) is 91.3 cm³/mol. The number of aryl methyl sites for hydroxylation is 2. The lowest BCUT2D eigenvalue weighted by Crippen LogP contribution is -2.24. The van der Waals surface area contributed by atoms with Crippen LogP contribution in [0.1, 0.15) is 34.9 Å². The molecule has 25 heavy (non-hydrogen) atoms. The number of nitrogens with zero attached hydrogens (tertiary/aromatic N) is 4. The van der Waals surface area contributed by atoms with E-state index < -0.39 is 0 Å². The smallest absolute Gasteiger partial charge is 0.226 e. The molecule has 0 saturated carbocycles. The van der Waals surface area contributed by atoms with E-state index in [0.29, 0.717) is 6.42 Å². The number of fused-ring (bicyclic) bond motifs is 1. The van der Waals surface area contributed by atoms with Gasteiger partial charge in [-0.05, 0) is 38.1 Å². The number of aromatic nitrogens is 4. The van der Waals surface area contributed by atoms with Crippen LogP contribution in [0.3, 0.4) is 0 Å². The number of carbonyl (C=O) groups excluding carboxylic acids is 1. The van der Waals surface area contributed by atoms with Gasteiger partial charge in [0.25, 0.3) is 0 Å². The molecular formula is C18H18FN5O. The number of anilines is 1. The van der Waals surface area contributed by atoms with Gasteiger partial charge < -0.3 is 5.32 Å². The maximum absolute atomic E-state index is 13.2. The molecule has 4 rings (SSSR count). The molecule has 1 aliphatic rings. The van der Waals surface area contributed by atoms with Crippen LogP contribution >= 0.6 is 0 Å². The predicted octanol–water partition coefficient (Wildman–Crippen LogP) is 2.84. The molecule has 3 heterocycles. The summed E-state index contributed by atoms with van der Waals surface area (Å²) in [7, 11) is 1.81. The fraction of sp³-hybridized carbons (Fsp3) is 0.278. The van der Waals surface area contributed by atoms with Gasteiger partial charge in [0.05, 0.1) is 17.6 Å². The first kappa shape index (κ1) is 15.6. The van der Waals surface area contributed by atoms with Gasteiger partial charge in [-0.15, -0.1) is 0 Å². The molecule has 0 aliphatic carbocycles. The number of hydrogen-bond donors (Lipinski definition) is 1. The molecule has 1 aromatic carbocycles. The Morgan fingerprint density at radius 3 is 2.68 bits per heavy atom. The average Bonchev–Trinajstić information content (AvgIpc) is 3.08. The highest BCUT2D eigenvalue weighted by Crippen LogP contribution is 2.39. The van der Waals surface area contributed by atoms with Crippen molar-refractivity contribution in [3.05, 3.63) is 58.8 Å². The Morgan fingerprint density at radius 1 is 1.24 bits per heavy atom. The van der Waals surface area contributed by atoms with E-state index in [9.17, 15) is 9.18 Å². The zero-order valence-electron chi connectivity index (χ0n) is 14.2. The molecule has 1 aliphatic heterocycles. The van der Waals surface area contributed by atoms with Crippen LogP contribution in [0.25, 0.3) is 5.69 Å². The van der Waals surface area contributed by atoms with Crippen LogP contribution in [0.4, 0.5) is 10.2 Å². The highest BCUT2D eigenvalue weighted by Gasteiger charge is 2.33. The van der Waals surface area contributed by atoms with E-state index in [1.54, 1.807) is 27.7 Å². The number of rotatable bonds is 2. The topological polar surface area (TPSA) is 64.7 Å². The minimum Gasteiger partial charge on any atom is -0.311 e. The van der Waals surface area contributed by atoms with Gasteiger partial charge in [-0.25, -0.2) is 9.07 Å². The van der Waals surface area contributed by atoms with Gasteiger partial charge in [-0.3, -0.25) is 9.48 Å². The van der Waals surface area contributed by atoms with Crippen molar-refractivity contribution in [2.45, 2.75) is 26.2 Å². The minimum atomic E-state index is -0.283. The van der Waals surface area contributed by atoms with Gasteiger partial charge in [-0.1, -0.05) is 0 Å². The maximum Gasteiger partial charge on any atom is 0.226 e. The monoisotopic (exact) mass is 339 g/mol. The Labute approximate surface area is 144 Å². The third kappa shape index (κ3) is 2.43. The van der Waals surface area contributed by atoms with Gasteiger partial charge in [0.2, 0.25) is 5.91 Å². The molecule has 128 valence electrons. The lowest BCUT2D eigenvalue weighted by molar-refractivity contribution is -0.116. The molecule has 6 nitrogen and oxygen atoms in total. The molecule has 7 heteroatoms. The Balaban J connectivity index is 1.84. The number of nitrogens with one attached hydrogen (secondary N) is 1. The van der Waals surface area contributed by atoms with Crippen molar-refractivity contribution in [3.63, 3.8) is 0 Å². The van der Waals surface area contributed by atoms with E-state index in [2.05, 4.69) is 15.5 Å². The summed E-state index contributed by atoms with van der Waals surface area (Å²) in [5, 5.41) is 11.8. The summed E-state index contributed by atoms with van der Waals surface area (Å²) in [6, 6.07) is 6.22. The molecule has 1 amide bonds. The zero-order chi connectivity index (χ0) is 17.7. The first-order valence-corrected chi connectivity index (χ1v) is 8.09. The summed E-state index contributed by atoms with van der Waals surface area (Å²) in [6.07, 6.45) is 2.16. The molecule has 0 spiro atoms. The van der Waals surface area contributed by atoms with Crippen LogP contribution in [0.2, 0.25) is 0 Å². The van der Waals surface area contributed by atoms with E-state index >= 15 is 0 Å². The third-order valence-electron chi connectivity index (χ3n) is 4.76. The molecule has 0 unspecified atom stereocenters. The number of benzene rings is 1. The molecule has 3 aromatic rings. The highest BCUT2D eigenvalue weighted by atomic mass is 19.1. The van der Waals surface area contributed by atoms with Gasteiger partial charge in [0.1, 0.15) is 11.6 Å². The fourth-order valence-electron chi connectivity index (χ4n) is 3.59. The summed E-state index contributed by atoms with van der Waals surface area (Å²) in [6.45, 7) is 3.91. The lowest BCUT2D eigenvalue weighted by atomic mass is 9.86. The summed E-state index contributed by atoms with van der Waals surface area (Å²) < 4.78 is 16.7. The second-order valence-electron chi connectivity index (χ2n) is 6.35. The molecule has 0 bridgehead atoms. The Bertz CT molecular complexity index is 970. The molecule has 1 N–H and O–H groups in total. The van der Waals surface area contributed by atoms with Crippen LogP contribution in [-0.4, -0.2) is 25.5 Å². The molecule has 1 atom stereocenters. The number of halogens is 1. The van der Waals surface area contributed by atoms with Crippen molar-refractivity contribution in [2.75, 3.05) is 5.32 Å². The van der Waals surface area contributed by atoms with E-state index in [0.717, 1.165) is 34.0 Å². The summed E-state index contributed by atoms with van der Waals surface area (Å²) in [4.78, 5) is 12.2. The van der Waals surface area contributed by atoms with Crippen LogP contribution in [0.15, 0.2) is 30.5 Å². The summed E-state index contributed by atoms with van der Waals surface area (Å²) >= 11 is 0. The third-order valence-corrected chi connectivity index (χ3v) is 4.76. The van der Waals surface area contributed by atoms with Crippen LogP contribution in [0.5, 0.6) is 0 Å². The first-order chi connectivity index (χ1) is 12.0. The van der Waals surface area contributed by atoms with Gasteiger partial charge in [0, 0.05) is 36.2 Å². The molecule has 0 radical (unpaired) electrons. The lowest BCUT2D eigenvalue weighted by Gasteiger charge is -2.23. The quantitative estimate of drug-likeness (QED) is 0.781. The van der Waals surface area contributed by atoms with Crippen LogP contribution in [0, 0.1) is 19.7 Å². The van der Waals surface area contributed by atoms with E-state index in [-0.39, 0.29) is 17.6 Å². The number of carbonyl (C=O) groups is 1. The van der Waals surface area contributed by atoms with Crippen molar-refractivity contribution in [2.24, 2.45) is 7.05 Å². The number of amides is 1. The van der Waals surface area contributed by atoms with Crippen molar-refractivity contribution < 1.29 is 9.18 Å². The summed E-state index contributed by atoms with van der Waals surface area (Å²) in [5.74, 6) is 0.324.